The third-order valence-corrected chi connectivity index (χ3v) is 3.53. The SMILES string of the molecule is CC(C)c1ccc(C2=C3C=CC=CC3NN2)cc1. The minimum atomic E-state index is 0.301. The van der Waals surface area contributed by atoms with Crippen LogP contribution in [0.1, 0.15) is 30.9 Å². The summed E-state index contributed by atoms with van der Waals surface area (Å²) in [5.41, 5.74) is 11.7. The van der Waals surface area contributed by atoms with Crippen molar-refractivity contribution in [1.29, 1.82) is 0 Å². The summed E-state index contributed by atoms with van der Waals surface area (Å²) in [4.78, 5) is 0. The molecule has 1 aromatic carbocycles. The molecule has 1 heterocycles. The molecule has 0 saturated heterocycles. The van der Waals surface area contributed by atoms with Crippen LogP contribution < -0.4 is 10.9 Å². The average molecular weight is 238 g/mol. The van der Waals surface area contributed by atoms with E-state index in [2.05, 4.69) is 73.3 Å². The average Bonchev–Trinajstić information content (AvgIpc) is 2.82. The van der Waals surface area contributed by atoms with Crippen molar-refractivity contribution in [2.75, 3.05) is 0 Å². The Balaban J connectivity index is 1.96. The second-order valence-corrected chi connectivity index (χ2v) is 5.10. The highest BCUT2D eigenvalue weighted by Crippen LogP contribution is 2.27. The fraction of sp³-hybridized carbons (Fsp3) is 0.250. The summed E-state index contributed by atoms with van der Waals surface area (Å²) in [6.45, 7) is 4.44. The molecule has 0 fully saturated rings. The van der Waals surface area contributed by atoms with Crippen LogP contribution in [0.5, 0.6) is 0 Å². The molecule has 0 radical (unpaired) electrons. The van der Waals surface area contributed by atoms with E-state index in [1.54, 1.807) is 0 Å². The van der Waals surface area contributed by atoms with Crippen molar-refractivity contribution in [1.82, 2.24) is 10.9 Å². The number of allylic oxidation sites excluding steroid dienone is 2. The molecule has 0 amide bonds. The van der Waals surface area contributed by atoms with Gasteiger partial charge in [-0.15, -0.1) is 0 Å². The van der Waals surface area contributed by atoms with Crippen molar-refractivity contribution >= 4 is 5.70 Å². The molecular formula is C16H18N2. The molecule has 1 unspecified atom stereocenters. The zero-order valence-corrected chi connectivity index (χ0v) is 10.8. The third kappa shape index (κ3) is 1.89. The maximum absolute atomic E-state index is 3.29. The maximum Gasteiger partial charge on any atom is 0.0714 e. The topological polar surface area (TPSA) is 24.1 Å². The molecule has 2 aliphatic rings. The van der Waals surface area contributed by atoms with E-state index in [1.807, 2.05) is 0 Å². The Morgan fingerprint density at radius 1 is 1.06 bits per heavy atom. The van der Waals surface area contributed by atoms with E-state index in [0.29, 0.717) is 12.0 Å². The van der Waals surface area contributed by atoms with E-state index in [9.17, 15) is 0 Å². The number of rotatable bonds is 2. The van der Waals surface area contributed by atoms with E-state index < -0.39 is 0 Å². The zero-order valence-electron chi connectivity index (χ0n) is 10.8. The van der Waals surface area contributed by atoms with Crippen molar-refractivity contribution in [3.05, 3.63) is 65.3 Å². The lowest BCUT2D eigenvalue weighted by molar-refractivity contribution is 0.656. The molecule has 2 nitrogen and oxygen atoms in total. The Bertz CT molecular complexity index is 533. The summed E-state index contributed by atoms with van der Waals surface area (Å²) >= 11 is 0. The molecule has 1 aliphatic carbocycles. The smallest absolute Gasteiger partial charge is 0.0714 e. The minimum absolute atomic E-state index is 0.301. The van der Waals surface area contributed by atoms with Gasteiger partial charge in [-0.2, -0.15) is 0 Å². The van der Waals surface area contributed by atoms with Gasteiger partial charge in [0.2, 0.25) is 0 Å². The predicted molar refractivity (Wildman–Crippen MR) is 75.8 cm³/mol. The summed E-state index contributed by atoms with van der Waals surface area (Å²) in [5.74, 6) is 0.580. The second-order valence-electron chi connectivity index (χ2n) is 5.10. The van der Waals surface area contributed by atoms with E-state index >= 15 is 0 Å². The molecule has 2 N–H and O–H groups in total. The number of fused-ring (bicyclic) bond motifs is 1. The third-order valence-electron chi connectivity index (χ3n) is 3.53. The van der Waals surface area contributed by atoms with Gasteiger partial charge in [-0.1, -0.05) is 62.4 Å². The van der Waals surface area contributed by atoms with Crippen LogP contribution in [0.2, 0.25) is 0 Å². The Hall–Kier alpha value is -1.80. The summed E-state index contributed by atoms with van der Waals surface area (Å²) in [7, 11) is 0. The van der Waals surface area contributed by atoms with Gasteiger partial charge in [0, 0.05) is 0 Å². The van der Waals surface area contributed by atoms with Crippen LogP contribution in [0.3, 0.4) is 0 Å². The summed E-state index contributed by atoms with van der Waals surface area (Å²) in [6.07, 6.45) is 8.50. The fourth-order valence-corrected chi connectivity index (χ4v) is 2.40. The Kier molecular flexibility index (Phi) is 2.80. The van der Waals surface area contributed by atoms with Crippen molar-refractivity contribution in [3.8, 4) is 0 Å². The van der Waals surface area contributed by atoms with Gasteiger partial charge in [0.1, 0.15) is 0 Å². The quantitative estimate of drug-likeness (QED) is 0.827. The predicted octanol–water partition coefficient (Wildman–Crippen LogP) is 3.12. The van der Waals surface area contributed by atoms with Gasteiger partial charge in [0.15, 0.2) is 0 Å². The van der Waals surface area contributed by atoms with Crippen molar-refractivity contribution in [3.63, 3.8) is 0 Å². The normalized spacial score (nSPS) is 21.4. The van der Waals surface area contributed by atoms with Crippen molar-refractivity contribution in [2.45, 2.75) is 25.8 Å². The van der Waals surface area contributed by atoms with Gasteiger partial charge in [-0.05, 0) is 22.6 Å². The number of hydrazine groups is 1. The molecule has 0 saturated carbocycles. The van der Waals surface area contributed by atoms with Crippen LogP contribution in [0, 0.1) is 0 Å². The molecule has 18 heavy (non-hydrogen) atoms. The highest BCUT2D eigenvalue weighted by molar-refractivity contribution is 5.73. The second kappa shape index (κ2) is 4.46. The van der Waals surface area contributed by atoms with E-state index in [1.165, 1.54) is 22.4 Å². The summed E-state index contributed by atoms with van der Waals surface area (Å²) in [5, 5.41) is 0. The molecule has 92 valence electrons. The molecule has 2 heteroatoms. The van der Waals surface area contributed by atoms with Crippen LogP contribution in [0.15, 0.2) is 54.1 Å². The first-order valence-electron chi connectivity index (χ1n) is 6.46. The molecule has 0 spiro atoms. The van der Waals surface area contributed by atoms with Gasteiger partial charge >= 0.3 is 0 Å². The van der Waals surface area contributed by atoms with Crippen LogP contribution in [0.4, 0.5) is 0 Å². The lowest BCUT2D eigenvalue weighted by atomic mass is 9.96. The number of hydrogen-bond acceptors (Lipinski definition) is 2. The first-order valence-corrected chi connectivity index (χ1v) is 6.46. The molecular weight excluding hydrogens is 220 g/mol. The van der Waals surface area contributed by atoms with Crippen molar-refractivity contribution in [2.24, 2.45) is 0 Å². The molecule has 3 rings (SSSR count). The number of benzene rings is 1. The first kappa shape index (κ1) is 11.3. The van der Waals surface area contributed by atoms with E-state index in [4.69, 9.17) is 0 Å². The van der Waals surface area contributed by atoms with Crippen LogP contribution >= 0.6 is 0 Å². The lowest BCUT2D eigenvalue weighted by Crippen LogP contribution is -2.31. The van der Waals surface area contributed by atoms with E-state index in [-0.39, 0.29) is 0 Å². The largest absolute Gasteiger partial charge is 0.320 e. The lowest BCUT2D eigenvalue weighted by Gasteiger charge is -2.09. The monoisotopic (exact) mass is 238 g/mol. The Morgan fingerprint density at radius 2 is 1.83 bits per heavy atom. The Labute approximate surface area is 108 Å². The standard InChI is InChI=1S/C16H18N2/c1-11(2)12-7-9-13(10-8-12)16-14-5-3-4-6-15(14)17-18-16/h3-11,15,17-18H,1-2H3. The summed E-state index contributed by atoms with van der Waals surface area (Å²) in [6, 6.07) is 9.12. The zero-order chi connectivity index (χ0) is 12.5. The highest BCUT2D eigenvalue weighted by atomic mass is 15.4. The van der Waals surface area contributed by atoms with Crippen LogP contribution in [0.25, 0.3) is 5.70 Å². The van der Waals surface area contributed by atoms with Gasteiger partial charge < -0.3 is 5.43 Å². The molecule has 1 aromatic rings. The van der Waals surface area contributed by atoms with E-state index in [0.717, 1.165) is 0 Å². The molecule has 1 aliphatic heterocycles. The van der Waals surface area contributed by atoms with Gasteiger partial charge in [0.25, 0.3) is 0 Å². The number of nitrogens with one attached hydrogen (secondary N) is 2. The van der Waals surface area contributed by atoms with Gasteiger partial charge in [0.05, 0.1) is 11.7 Å². The van der Waals surface area contributed by atoms with Crippen molar-refractivity contribution < 1.29 is 0 Å². The van der Waals surface area contributed by atoms with Crippen LogP contribution in [-0.2, 0) is 0 Å². The minimum Gasteiger partial charge on any atom is -0.320 e. The molecule has 1 atom stereocenters. The highest BCUT2D eigenvalue weighted by Gasteiger charge is 2.22. The van der Waals surface area contributed by atoms with Gasteiger partial charge in [-0.25, -0.2) is 5.43 Å². The molecule has 0 bridgehead atoms. The molecule has 0 aromatic heterocycles. The number of hydrogen-bond donors (Lipinski definition) is 2. The summed E-state index contributed by atoms with van der Waals surface area (Å²) < 4.78 is 0. The van der Waals surface area contributed by atoms with Gasteiger partial charge in [-0.3, -0.25) is 0 Å². The fourth-order valence-electron chi connectivity index (χ4n) is 2.40. The van der Waals surface area contributed by atoms with Crippen LogP contribution in [-0.4, -0.2) is 6.04 Å². The maximum atomic E-state index is 3.29. The first-order chi connectivity index (χ1) is 8.75. The Morgan fingerprint density at radius 3 is 2.56 bits per heavy atom.